The Morgan fingerprint density at radius 1 is 1.55 bits per heavy atom. The molecule has 0 aliphatic carbocycles. The van der Waals surface area contributed by atoms with Crippen LogP contribution in [-0.2, 0) is 10.1 Å². The number of rotatable bonds is 1. The maximum atomic E-state index is 12.3. The minimum absolute atomic E-state index is 0.464. The average molecular weight is 175 g/mol. The standard InChI is InChI=1S/C6H4FO3S/c7-5-2-1-3-6(4-5)11(8,9)10/h1,3-4H,(H,8,9,10). The lowest BCUT2D eigenvalue weighted by molar-refractivity contribution is 0.482. The average Bonchev–Trinajstić information content (AvgIpc) is 1.86. The summed E-state index contributed by atoms with van der Waals surface area (Å²) < 4.78 is 41.4. The summed E-state index contributed by atoms with van der Waals surface area (Å²) in [6, 6.07) is 4.93. The number of benzene rings is 1. The highest BCUT2D eigenvalue weighted by molar-refractivity contribution is 7.85. The van der Waals surface area contributed by atoms with Crippen molar-refractivity contribution in [1.82, 2.24) is 0 Å². The summed E-state index contributed by atoms with van der Waals surface area (Å²) in [5.41, 5.74) is 0. The molecule has 0 aromatic heterocycles. The first kappa shape index (κ1) is 8.16. The van der Waals surface area contributed by atoms with Gasteiger partial charge in [-0.15, -0.1) is 0 Å². The maximum absolute atomic E-state index is 12.3. The fourth-order valence-electron chi connectivity index (χ4n) is 0.579. The molecule has 0 saturated carbocycles. The van der Waals surface area contributed by atoms with Crippen molar-refractivity contribution in [3.8, 4) is 0 Å². The van der Waals surface area contributed by atoms with Gasteiger partial charge in [-0.25, -0.2) is 4.39 Å². The molecule has 1 N–H and O–H groups in total. The molecule has 3 nitrogen and oxygen atoms in total. The van der Waals surface area contributed by atoms with Gasteiger partial charge in [0.05, 0.1) is 4.90 Å². The zero-order chi connectivity index (χ0) is 8.48. The van der Waals surface area contributed by atoms with E-state index in [1.54, 1.807) is 0 Å². The number of halogens is 1. The lowest BCUT2D eigenvalue weighted by atomic mass is 10.4. The topological polar surface area (TPSA) is 54.4 Å². The van der Waals surface area contributed by atoms with Crippen LogP contribution in [-0.4, -0.2) is 13.0 Å². The lowest BCUT2D eigenvalue weighted by Crippen LogP contribution is -1.97. The number of hydrogen-bond acceptors (Lipinski definition) is 2. The van der Waals surface area contributed by atoms with Crippen LogP contribution in [0.2, 0.25) is 0 Å². The fraction of sp³-hybridized carbons (Fsp3) is 0. The van der Waals surface area contributed by atoms with Crippen molar-refractivity contribution in [1.29, 1.82) is 0 Å². The molecule has 1 radical (unpaired) electrons. The van der Waals surface area contributed by atoms with Gasteiger partial charge < -0.3 is 0 Å². The van der Waals surface area contributed by atoms with E-state index in [9.17, 15) is 12.8 Å². The van der Waals surface area contributed by atoms with Gasteiger partial charge in [-0.2, -0.15) is 8.42 Å². The molecular formula is C6H4FO3S. The molecular weight excluding hydrogens is 171 g/mol. The summed E-state index contributed by atoms with van der Waals surface area (Å²) in [5.74, 6) is -0.819. The van der Waals surface area contributed by atoms with Crippen LogP contribution in [0.15, 0.2) is 23.1 Å². The maximum Gasteiger partial charge on any atom is 0.294 e. The molecule has 0 amide bonds. The van der Waals surface area contributed by atoms with Crippen molar-refractivity contribution >= 4 is 10.1 Å². The smallest absolute Gasteiger partial charge is 0.282 e. The van der Waals surface area contributed by atoms with Crippen molar-refractivity contribution in [2.24, 2.45) is 0 Å². The first-order valence-electron chi connectivity index (χ1n) is 2.65. The predicted molar refractivity (Wildman–Crippen MR) is 35.1 cm³/mol. The van der Waals surface area contributed by atoms with E-state index in [0.717, 1.165) is 12.1 Å². The van der Waals surface area contributed by atoms with E-state index in [-0.39, 0.29) is 0 Å². The van der Waals surface area contributed by atoms with Gasteiger partial charge >= 0.3 is 0 Å². The Hall–Kier alpha value is -0.940. The Labute approximate surface area is 63.2 Å². The lowest BCUT2D eigenvalue weighted by Gasteiger charge is -1.93. The van der Waals surface area contributed by atoms with Gasteiger partial charge in [0.2, 0.25) is 0 Å². The van der Waals surface area contributed by atoms with E-state index in [4.69, 9.17) is 4.55 Å². The SMILES string of the molecule is O=S(=O)(O)c1cc[c]c(F)c1. The van der Waals surface area contributed by atoms with Crippen LogP contribution in [0.25, 0.3) is 0 Å². The third kappa shape index (κ3) is 1.99. The zero-order valence-electron chi connectivity index (χ0n) is 5.28. The van der Waals surface area contributed by atoms with Gasteiger partial charge in [0.1, 0.15) is 5.82 Å². The third-order valence-corrected chi connectivity index (χ3v) is 1.89. The first-order valence-corrected chi connectivity index (χ1v) is 4.09. The first-order chi connectivity index (χ1) is 5.00. The molecule has 0 spiro atoms. The molecule has 0 saturated heterocycles. The van der Waals surface area contributed by atoms with Gasteiger partial charge in [0.25, 0.3) is 10.1 Å². The Bertz CT molecular complexity index is 358. The molecule has 1 aromatic carbocycles. The highest BCUT2D eigenvalue weighted by Gasteiger charge is 2.08. The second-order valence-corrected chi connectivity index (χ2v) is 3.27. The summed E-state index contributed by atoms with van der Waals surface area (Å²) in [5, 5.41) is 0. The third-order valence-electron chi connectivity index (χ3n) is 1.04. The van der Waals surface area contributed by atoms with Crippen LogP contribution in [0.1, 0.15) is 0 Å². The molecule has 0 aliphatic heterocycles. The van der Waals surface area contributed by atoms with E-state index in [1.165, 1.54) is 0 Å². The Kier molecular flexibility index (Phi) is 1.92. The van der Waals surface area contributed by atoms with Crippen molar-refractivity contribution in [2.45, 2.75) is 4.90 Å². The minimum Gasteiger partial charge on any atom is -0.282 e. The van der Waals surface area contributed by atoms with Crippen molar-refractivity contribution in [3.05, 3.63) is 30.1 Å². The van der Waals surface area contributed by atoms with Crippen molar-refractivity contribution in [3.63, 3.8) is 0 Å². The summed E-state index contributed by atoms with van der Waals surface area (Å²) in [7, 11) is -4.29. The minimum atomic E-state index is -4.29. The van der Waals surface area contributed by atoms with E-state index in [0.29, 0.717) is 6.07 Å². The molecule has 0 bridgehead atoms. The Morgan fingerprint density at radius 2 is 2.18 bits per heavy atom. The highest BCUT2D eigenvalue weighted by atomic mass is 32.2. The molecule has 0 atom stereocenters. The second-order valence-electron chi connectivity index (χ2n) is 1.85. The zero-order valence-corrected chi connectivity index (χ0v) is 6.10. The van der Waals surface area contributed by atoms with Crippen molar-refractivity contribution < 1.29 is 17.4 Å². The van der Waals surface area contributed by atoms with Crippen LogP contribution < -0.4 is 0 Å². The Morgan fingerprint density at radius 3 is 2.55 bits per heavy atom. The van der Waals surface area contributed by atoms with E-state index >= 15 is 0 Å². The van der Waals surface area contributed by atoms with Crippen LogP contribution in [0.4, 0.5) is 4.39 Å². The summed E-state index contributed by atoms with van der Waals surface area (Å²) in [6.07, 6.45) is 0. The summed E-state index contributed by atoms with van der Waals surface area (Å²) in [6.45, 7) is 0. The van der Waals surface area contributed by atoms with E-state index in [2.05, 4.69) is 6.07 Å². The molecule has 0 unspecified atom stereocenters. The molecule has 0 heterocycles. The monoisotopic (exact) mass is 175 g/mol. The number of hydrogen-bond donors (Lipinski definition) is 1. The molecule has 0 fully saturated rings. The quantitative estimate of drug-likeness (QED) is 0.644. The summed E-state index contributed by atoms with van der Waals surface area (Å²) >= 11 is 0. The molecule has 1 aromatic rings. The molecule has 11 heavy (non-hydrogen) atoms. The second kappa shape index (κ2) is 2.60. The summed E-state index contributed by atoms with van der Waals surface area (Å²) in [4.78, 5) is -0.464. The van der Waals surface area contributed by atoms with Crippen LogP contribution in [0.3, 0.4) is 0 Å². The predicted octanol–water partition coefficient (Wildman–Crippen LogP) is 0.873. The van der Waals surface area contributed by atoms with Crippen LogP contribution >= 0.6 is 0 Å². The van der Waals surface area contributed by atoms with Gasteiger partial charge in [0.15, 0.2) is 0 Å². The molecule has 59 valence electrons. The normalized spacial score (nSPS) is 11.5. The Balaban J connectivity index is 3.28. The molecule has 5 heteroatoms. The largest absolute Gasteiger partial charge is 0.294 e. The van der Waals surface area contributed by atoms with Gasteiger partial charge in [0, 0.05) is 6.07 Å². The molecule has 0 aliphatic rings. The van der Waals surface area contributed by atoms with Crippen LogP contribution in [0.5, 0.6) is 0 Å². The highest BCUT2D eigenvalue weighted by Crippen LogP contribution is 2.08. The van der Waals surface area contributed by atoms with Crippen molar-refractivity contribution in [2.75, 3.05) is 0 Å². The van der Waals surface area contributed by atoms with E-state index < -0.39 is 20.8 Å². The van der Waals surface area contributed by atoms with Crippen LogP contribution in [0, 0.1) is 11.9 Å². The van der Waals surface area contributed by atoms with E-state index in [1.807, 2.05) is 0 Å². The van der Waals surface area contributed by atoms with Gasteiger partial charge in [-0.3, -0.25) is 4.55 Å². The molecule has 1 rings (SSSR count). The van der Waals surface area contributed by atoms with Gasteiger partial charge in [-0.1, -0.05) is 0 Å². The van der Waals surface area contributed by atoms with Gasteiger partial charge in [-0.05, 0) is 18.2 Å². The fourth-order valence-corrected chi connectivity index (χ4v) is 1.07.